The van der Waals surface area contributed by atoms with Crippen LogP contribution in [0.3, 0.4) is 0 Å². The van der Waals surface area contributed by atoms with Crippen LogP contribution in [0.15, 0.2) is 30.3 Å². The van der Waals surface area contributed by atoms with Crippen LogP contribution in [0.1, 0.15) is 10.4 Å². The molecule has 14 heavy (non-hydrogen) atoms. The predicted octanol–water partition coefficient (Wildman–Crippen LogP) is 0.734. The van der Waals surface area contributed by atoms with Crippen LogP contribution in [0.2, 0.25) is 0 Å². The fourth-order valence-electron chi connectivity index (χ4n) is 0.581. The Kier molecular flexibility index (Phi) is 18.1. The summed E-state index contributed by atoms with van der Waals surface area (Å²) in [4.78, 5) is 10.2. The van der Waals surface area contributed by atoms with E-state index in [1.807, 2.05) is 0 Å². The predicted molar refractivity (Wildman–Crippen MR) is 58.1 cm³/mol. The molecule has 0 spiro atoms. The molecule has 1 aromatic carbocycles. The number of benzene rings is 1. The zero-order chi connectivity index (χ0) is 9.40. The summed E-state index contributed by atoms with van der Waals surface area (Å²) in [6.07, 6.45) is 0. The Morgan fingerprint density at radius 2 is 1.50 bits per heavy atom. The summed E-state index contributed by atoms with van der Waals surface area (Å²) in [6.45, 7) is 0. The van der Waals surface area contributed by atoms with Crippen molar-refractivity contribution in [1.82, 2.24) is 0 Å². The molecule has 5 N–H and O–H groups in total. The molecular weight excluding hydrogens is 338 g/mol. The molecule has 0 fully saturated rings. The molecule has 2 radical (unpaired) electrons. The molecule has 0 aliphatic heterocycles. The monoisotopic (exact) mass is 348 g/mol. The third-order valence-electron chi connectivity index (χ3n) is 1.02. The van der Waals surface area contributed by atoms with Gasteiger partial charge < -0.3 is 16.1 Å². The van der Waals surface area contributed by atoms with Crippen LogP contribution in [-0.4, -0.2) is 40.9 Å². The van der Waals surface area contributed by atoms with Gasteiger partial charge in [0.25, 0.3) is 0 Å². The van der Waals surface area contributed by atoms with Gasteiger partial charge in [0, 0.05) is 0 Å². The summed E-state index contributed by atoms with van der Waals surface area (Å²) in [5.41, 5.74) is 0.331. The standard InChI is InChI=1S/C7H6O2.2ClH.2H2O.Sn/c8-7(9)6-4-2-1-3-5-6;;;;;/h1-5H,(H,8,9);2*1H;2*1H2;/q;;;;;+2/p-2. The maximum absolute atomic E-state index is 10.2. The SMILES string of the molecule is O.O.O=C(O)c1ccccc1.[Cl][Sn][Cl]. The van der Waals surface area contributed by atoms with Crippen molar-refractivity contribution in [3.8, 4) is 0 Å². The van der Waals surface area contributed by atoms with Gasteiger partial charge in [0.1, 0.15) is 0 Å². The first-order valence-corrected chi connectivity index (χ1v) is 10.2. The van der Waals surface area contributed by atoms with Crippen molar-refractivity contribution >= 4 is 42.7 Å². The summed E-state index contributed by atoms with van der Waals surface area (Å²) in [6, 6.07) is 8.30. The normalized spacial score (nSPS) is 7.00. The van der Waals surface area contributed by atoms with Crippen molar-refractivity contribution in [2.75, 3.05) is 0 Å². The van der Waals surface area contributed by atoms with E-state index in [4.69, 9.17) is 22.9 Å². The Morgan fingerprint density at radius 1 is 1.14 bits per heavy atom. The number of carboxylic acid groups (broad SMARTS) is 1. The van der Waals surface area contributed by atoms with E-state index < -0.39 is 24.9 Å². The molecule has 0 bridgehead atoms. The molecule has 0 unspecified atom stereocenters. The number of hydrogen-bond acceptors (Lipinski definition) is 1. The summed E-state index contributed by atoms with van der Waals surface area (Å²) >= 11 is -0.826. The molecule has 80 valence electrons. The molecule has 0 saturated carbocycles. The second-order valence-corrected chi connectivity index (χ2v) is 5.98. The molecule has 0 atom stereocenters. The van der Waals surface area contributed by atoms with E-state index in [9.17, 15) is 4.79 Å². The Bertz CT molecular complexity index is 232. The quantitative estimate of drug-likeness (QED) is 0.757. The average Bonchev–Trinajstić information content (AvgIpc) is 2.07. The maximum atomic E-state index is 10.2. The van der Waals surface area contributed by atoms with Gasteiger partial charge in [-0.1, -0.05) is 18.2 Å². The first-order chi connectivity index (χ1) is 5.72. The van der Waals surface area contributed by atoms with Gasteiger partial charge >= 0.3 is 42.7 Å². The Labute approximate surface area is 99.1 Å². The molecule has 0 heterocycles. The van der Waals surface area contributed by atoms with Gasteiger partial charge in [-0.3, -0.25) is 0 Å². The summed E-state index contributed by atoms with van der Waals surface area (Å²) in [5.74, 6) is -0.879. The number of rotatable bonds is 1. The number of carboxylic acids is 1. The van der Waals surface area contributed by atoms with Crippen LogP contribution in [0, 0.1) is 0 Å². The first-order valence-electron chi connectivity index (χ1n) is 2.97. The number of hydrogen-bond donors (Lipinski definition) is 1. The summed E-state index contributed by atoms with van der Waals surface area (Å²) in [7, 11) is 9.87. The van der Waals surface area contributed by atoms with Crippen molar-refractivity contribution in [3.63, 3.8) is 0 Å². The molecule has 4 nitrogen and oxygen atoms in total. The van der Waals surface area contributed by atoms with E-state index in [-0.39, 0.29) is 11.0 Å². The molecule has 0 saturated heterocycles. The molecule has 0 aliphatic rings. The minimum atomic E-state index is -0.879. The van der Waals surface area contributed by atoms with Crippen molar-refractivity contribution in [2.24, 2.45) is 0 Å². The molecular formula is C7H10Cl2O4Sn. The molecule has 0 aliphatic carbocycles. The Hall–Kier alpha value is -0.0113. The molecule has 1 aromatic rings. The number of carbonyl (C=O) groups is 1. The van der Waals surface area contributed by atoms with Crippen molar-refractivity contribution in [3.05, 3.63) is 35.9 Å². The van der Waals surface area contributed by atoms with Crippen molar-refractivity contribution in [1.29, 1.82) is 0 Å². The van der Waals surface area contributed by atoms with E-state index in [0.717, 1.165) is 0 Å². The van der Waals surface area contributed by atoms with Crippen LogP contribution in [0.25, 0.3) is 0 Å². The minimum absolute atomic E-state index is 0. The third-order valence-corrected chi connectivity index (χ3v) is 1.02. The molecule has 0 aromatic heterocycles. The van der Waals surface area contributed by atoms with Gasteiger partial charge in [0.15, 0.2) is 0 Å². The van der Waals surface area contributed by atoms with Crippen molar-refractivity contribution < 1.29 is 20.9 Å². The second-order valence-electron chi connectivity index (χ2n) is 1.74. The zero-order valence-electron chi connectivity index (χ0n) is 7.00. The van der Waals surface area contributed by atoms with E-state index >= 15 is 0 Å². The van der Waals surface area contributed by atoms with Gasteiger partial charge in [-0.25, -0.2) is 4.79 Å². The van der Waals surface area contributed by atoms with Crippen LogP contribution in [0.4, 0.5) is 0 Å². The topological polar surface area (TPSA) is 100 Å². The van der Waals surface area contributed by atoms with Crippen LogP contribution >= 0.6 is 17.8 Å². The Balaban J connectivity index is -0.000000218. The van der Waals surface area contributed by atoms with Gasteiger partial charge in [0.05, 0.1) is 5.56 Å². The van der Waals surface area contributed by atoms with Crippen LogP contribution in [0.5, 0.6) is 0 Å². The zero-order valence-corrected chi connectivity index (χ0v) is 11.4. The molecule has 1 rings (SSSR count). The molecule has 0 amide bonds. The number of halogens is 2. The summed E-state index contributed by atoms with van der Waals surface area (Å²) in [5, 5.41) is 8.38. The second kappa shape index (κ2) is 13.0. The van der Waals surface area contributed by atoms with Crippen LogP contribution < -0.4 is 0 Å². The van der Waals surface area contributed by atoms with E-state index in [1.165, 1.54) is 0 Å². The van der Waals surface area contributed by atoms with E-state index in [0.29, 0.717) is 5.56 Å². The third kappa shape index (κ3) is 10.1. The van der Waals surface area contributed by atoms with Gasteiger partial charge in [-0.15, -0.1) is 0 Å². The fraction of sp³-hybridized carbons (Fsp3) is 0. The van der Waals surface area contributed by atoms with Gasteiger partial charge in [0.2, 0.25) is 0 Å². The molecule has 7 heteroatoms. The summed E-state index contributed by atoms with van der Waals surface area (Å²) < 4.78 is 0. The van der Waals surface area contributed by atoms with E-state index in [1.54, 1.807) is 30.3 Å². The van der Waals surface area contributed by atoms with Crippen LogP contribution in [-0.2, 0) is 0 Å². The van der Waals surface area contributed by atoms with E-state index in [2.05, 4.69) is 0 Å². The first kappa shape index (κ1) is 19.5. The van der Waals surface area contributed by atoms with Gasteiger partial charge in [-0.2, -0.15) is 0 Å². The van der Waals surface area contributed by atoms with Gasteiger partial charge in [-0.05, 0) is 12.1 Å². The average molecular weight is 348 g/mol. The Morgan fingerprint density at radius 3 is 1.71 bits per heavy atom. The number of aromatic carboxylic acids is 1. The fourth-order valence-corrected chi connectivity index (χ4v) is 0.581. The van der Waals surface area contributed by atoms with Crippen molar-refractivity contribution in [2.45, 2.75) is 0 Å².